The number of hydrogen-bond donors (Lipinski definition) is 3. The molecule has 2 aliphatic heterocycles. The van der Waals surface area contributed by atoms with E-state index < -0.39 is 0 Å². The molecule has 2 heterocycles. The van der Waals surface area contributed by atoms with E-state index in [1.807, 2.05) is 12.1 Å². The van der Waals surface area contributed by atoms with Crippen molar-refractivity contribution in [3.05, 3.63) is 29.3 Å². The van der Waals surface area contributed by atoms with Gasteiger partial charge in [-0.2, -0.15) is 0 Å². The monoisotopic (exact) mass is 337 g/mol. The third-order valence-corrected chi connectivity index (χ3v) is 4.78. The second kappa shape index (κ2) is 7.32. The van der Waals surface area contributed by atoms with Crippen LogP contribution in [0.5, 0.6) is 0 Å². The molecule has 2 amide bonds. The number of fused-ring (bicyclic) bond motifs is 1. The summed E-state index contributed by atoms with van der Waals surface area (Å²) in [7, 11) is 0. The van der Waals surface area contributed by atoms with Crippen molar-refractivity contribution in [2.45, 2.75) is 45.2 Å². The van der Waals surface area contributed by atoms with Gasteiger partial charge in [-0.25, -0.2) is 0 Å². The molecule has 0 aromatic heterocycles. The summed E-state index contributed by atoms with van der Waals surface area (Å²) in [6.45, 7) is 5.31. The molecule has 2 aliphatic rings. The Morgan fingerprint density at radius 2 is 2.04 bits per heavy atom. The highest BCUT2D eigenvalue weighted by Crippen LogP contribution is 2.24. The molecule has 0 radical (unpaired) electrons. The maximum absolute atomic E-state index is 12.5. The molecule has 0 saturated carbocycles. The number of hydrogen-bond acceptors (Lipinski definition) is 3. The fourth-order valence-electron chi connectivity index (χ4n) is 3.36. The van der Waals surface area contributed by atoms with Gasteiger partial charge in [0.05, 0.1) is 0 Å². The number of anilines is 1. The van der Waals surface area contributed by atoms with E-state index in [1.54, 1.807) is 6.07 Å². The highest BCUT2D eigenvalue weighted by atomic mass is 35.5. The average molecular weight is 338 g/mol. The molecular weight excluding hydrogens is 314 g/mol. The van der Waals surface area contributed by atoms with E-state index in [-0.39, 0.29) is 36.3 Å². The predicted octanol–water partition coefficient (Wildman–Crippen LogP) is 2.11. The third kappa shape index (κ3) is 3.85. The maximum Gasteiger partial charge on any atom is 0.251 e. The molecule has 1 aromatic rings. The van der Waals surface area contributed by atoms with E-state index in [0.717, 1.165) is 24.2 Å². The van der Waals surface area contributed by atoms with Crippen molar-refractivity contribution in [3.63, 3.8) is 0 Å². The Hall–Kier alpha value is -1.59. The molecule has 126 valence electrons. The highest BCUT2D eigenvalue weighted by molar-refractivity contribution is 5.98. The van der Waals surface area contributed by atoms with E-state index in [4.69, 9.17) is 0 Å². The molecule has 5 nitrogen and oxygen atoms in total. The minimum atomic E-state index is -0.0351. The zero-order chi connectivity index (χ0) is 15.7. The number of amides is 2. The van der Waals surface area contributed by atoms with Crippen molar-refractivity contribution in [1.82, 2.24) is 10.6 Å². The van der Waals surface area contributed by atoms with Crippen LogP contribution in [0.2, 0.25) is 0 Å². The van der Waals surface area contributed by atoms with Crippen molar-refractivity contribution in [1.29, 1.82) is 0 Å². The summed E-state index contributed by atoms with van der Waals surface area (Å²) in [6.07, 6.45) is 2.25. The SMILES string of the molecule is CC1CCNC(C)C1NC(=O)c1ccc2c(c1)CCC(=O)N2.Cl. The van der Waals surface area contributed by atoms with Crippen LogP contribution in [0.15, 0.2) is 18.2 Å². The minimum Gasteiger partial charge on any atom is -0.347 e. The Kier molecular flexibility index (Phi) is 5.65. The van der Waals surface area contributed by atoms with E-state index in [0.29, 0.717) is 24.3 Å². The summed E-state index contributed by atoms with van der Waals surface area (Å²) in [4.78, 5) is 23.9. The number of halogens is 1. The second-order valence-corrected chi connectivity index (χ2v) is 6.43. The summed E-state index contributed by atoms with van der Waals surface area (Å²) in [5.74, 6) is 0.477. The Balaban J connectivity index is 0.00000192. The van der Waals surface area contributed by atoms with Gasteiger partial charge in [0.1, 0.15) is 0 Å². The van der Waals surface area contributed by atoms with E-state index in [2.05, 4.69) is 29.8 Å². The summed E-state index contributed by atoms with van der Waals surface area (Å²) >= 11 is 0. The zero-order valence-corrected chi connectivity index (χ0v) is 14.3. The normalized spacial score (nSPS) is 26.5. The van der Waals surface area contributed by atoms with Crippen LogP contribution in [0.4, 0.5) is 5.69 Å². The summed E-state index contributed by atoms with van der Waals surface area (Å²) in [5.41, 5.74) is 2.53. The van der Waals surface area contributed by atoms with Crippen molar-refractivity contribution in [2.24, 2.45) is 5.92 Å². The molecule has 1 aromatic carbocycles. The largest absolute Gasteiger partial charge is 0.347 e. The molecule has 0 aliphatic carbocycles. The summed E-state index contributed by atoms with van der Waals surface area (Å²) in [6, 6.07) is 5.94. The first-order valence-electron chi connectivity index (χ1n) is 8.01. The quantitative estimate of drug-likeness (QED) is 0.774. The standard InChI is InChI=1S/C17H23N3O2.ClH/c1-10-7-8-18-11(2)16(10)20-17(22)13-3-5-14-12(9-13)4-6-15(21)19-14;/h3,5,9-11,16,18H,4,6-8H2,1-2H3,(H,19,21)(H,20,22);1H. The number of rotatable bonds is 2. The van der Waals surface area contributed by atoms with Gasteiger partial charge in [0.2, 0.25) is 5.91 Å². The highest BCUT2D eigenvalue weighted by Gasteiger charge is 2.29. The fraction of sp³-hybridized carbons (Fsp3) is 0.529. The maximum atomic E-state index is 12.5. The smallest absolute Gasteiger partial charge is 0.251 e. The summed E-state index contributed by atoms with van der Waals surface area (Å²) in [5, 5.41) is 9.41. The van der Waals surface area contributed by atoms with Gasteiger partial charge in [-0.15, -0.1) is 12.4 Å². The molecule has 0 bridgehead atoms. The lowest BCUT2D eigenvalue weighted by Gasteiger charge is -2.36. The van der Waals surface area contributed by atoms with E-state index in [1.165, 1.54) is 0 Å². The molecule has 1 fully saturated rings. The number of piperidine rings is 1. The molecule has 6 heteroatoms. The van der Waals surface area contributed by atoms with Crippen molar-refractivity contribution >= 4 is 29.9 Å². The molecule has 1 saturated heterocycles. The van der Waals surface area contributed by atoms with Crippen molar-refractivity contribution in [3.8, 4) is 0 Å². The molecule has 3 unspecified atom stereocenters. The molecule has 23 heavy (non-hydrogen) atoms. The van der Waals surface area contributed by atoms with E-state index >= 15 is 0 Å². The Morgan fingerprint density at radius 1 is 1.26 bits per heavy atom. The van der Waals surface area contributed by atoms with Crippen LogP contribution in [0.25, 0.3) is 0 Å². The Labute approximate surface area is 143 Å². The van der Waals surface area contributed by atoms with Crippen molar-refractivity contribution < 1.29 is 9.59 Å². The zero-order valence-electron chi connectivity index (χ0n) is 13.5. The number of aryl methyl sites for hydroxylation is 1. The van der Waals surface area contributed by atoms with Crippen LogP contribution in [0.1, 0.15) is 42.6 Å². The van der Waals surface area contributed by atoms with Crippen molar-refractivity contribution in [2.75, 3.05) is 11.9 Å². The molecular formula is C17H24ClN3O2. The first kappa shape index (κ1) is 17.8. The lowest BCUT2D eigenvalue weighted by atomic mass is 9.89. The van der Waals surface area contributed by atoms with Gasteiger partial charge in [0.15, 0.2) is 0 Å². The molecule has 3 N–H and O–H groups in total. The van der Waals surface area contributed by atoms with Crippen LogP contribution >= 0.6 is 12.4 Å². The first-order valence-corrected chi connectivity index (χ1v) is 8.01. The van der Waals surface area contributed by atoms with Gasteiger partial charge in [-0.3, -0.25) is 9.59 Å². The van der Waals surface area contributed by atoms with Gasteiger partial charge >= 0.3 is 0 Å². The predicted molar refractivity (Wildman–Crippen MR) is 93.1 cm³/mol. The van der Waals surface area contributed by atoms with Crippen LogP contribution in [0.3, 0.4) is 0 Å². The topological polar surface area (TPSA) is 70.2 Å². The first-order chi connectivity index (χ1) is 10.5. The van der Waals surface area contributed by atoms with Gasteiger partial charge in [-0.1, -0.05) is 6.92 Å². The number of carbonyl (C=O) groups is 2. The number of carbonyl (C=O) groups excluding carboxylic acids is 2. The Bertz CT molecular complexity index is 596. The fourth-order valence-corrected chi connectivity index (χ4v) is 3.36. The minimum absolute atomic E-state index is 0. The molecule has 0 spiro atoms. The lowest BCUT2D eigenvalue weighted by Crippen LogP contribution is -2.55. The third-order valence-electron chi connectivity index (χ3n) is 4.78. The average Bonchev–Trinajstić information content (AvgIpc) is 2.50. The summed E-state index contributed by atoms with van der Waals surface area (Å²) < 4.78 is 0. The second-order valence-electron chi connectivity index (χ2n) is 6.43. The van der Waals surface area contributed by atoms with E-state index in [9.17, 15) is 9.59 Å². The molecule has 3 atom stereocenters. The van der Waals surface area contributed by atoms with Gasteiger partial charge < -0.3 is 16.0 Å². The van der Waals surface area contributed by atoms with Gasteiger partial charge in [0.25, 0.3) is 5.91 Å². The number of nitrogens with one attached hydrogen (secondary N) is 3. The van der Waals surface area contributed by atoms with Crippen LogP contribution < -0.4 is 16.0 Å². The number of benzene rings is 1. The van der Waals surface area contributed by atoms with Gasteiger partial charge in [0, 0.05) is 29.8 Å². The molecule has 3 rings (SSSR count). The van der Waals surface area contributed by atoms with Crippen LogP contribution in [-0.4, -0.2) is 30.4 Å². The van der Waals surface area contributed by atoms with Gasteiger partial charge in [-0.05, 0) is 56.0 Å². The van der Waals surface area contributed by atoms with Crippen LogP contribution in [-0.2, 0) is 11.2 Å². The van der Waals surface area contributed by atoms with Crippen LogP contribution in [0, 0.1) is 5.92 Å². The Morgan fingerprint density at radius 3 is 2.78 bits per heavy atom. The lowest BCUT2D eigenvalue weighted by molar-refractivity contribution is -0.116.